The van der Waals surface area contributed by atoms with Gasteiger partial charge in [-0.05, 0) is 12.7 Å². The van der Waals surface area contributed by atoms with Crippen molar-refractivity contribution in [1.82, 2.24) is 15.0 Å². The van der Waals surface area contributed by atoms with Crippen LogP contribution in [0.4, 0.5) is 0 Å². The summed E-state index contributed by atoms with van der Waals surface area (Å²) in [5, 5.41) is 8.01. The van der Waals surface area contributed by atoms with E-state index in [2.05, 4.69) is 16.6 Å². The van der Waals surface area contributed by atoms with Crippen LogP contribution < -0.4 is 0 Å². The molecule has 74 valence electrons. The van der Waals surface area contributed by atoms with E-state index in [9.17, 15) is 0 Å². The first-order valence-electron chi connectivity index (χ1n) is 4.31. The zero-order valence-corrected chi connectivity index (χ0v) is 9.48. The lowest BCUT2D eigenvalue weighted by atomic mass is 10.3. The van der Waals surface area contributed by atoms with Crippen molar-refractivity contribution in [2.75, 3.05) is 12.0 Å². The van der Waals surface area contributed by atoms with Gasteiger partial charge in [-0.3, -0.25) is 4.68 Å². The second kappa shape index (κ2) is 5.50. The lowest BCUT2D eigenvalue weighted by Crippen LogP contribution is -2.00. The van der Waals surface area contributed by atoms with Crippen molar-refractivity contribution in [2.45, 2.75) is 25.3 Å². The largest absolute Gasteiger partial charge is 0.251 e. The van der Waals surface area contributed by atoms with Crippen LogP contribution in [-0.4, -0.2) is 27.0 Å². The summed E-state index contributed by atoms with van der Waals surface area (Å²) < 4.78 is 1.84. The van der Waals surface area contributed by atoms with Crippen molar-refractivity contribution in [1.29, 1.82) is 0 Å². The molecule has 0 spiro atoms. The first-order chi connectivity index (χ1) is 6.27. The van der Waals surface area contributed by atoms with Crippen LogP contribution in [0.25, 0.3) is 0 Å². The molecule has 3 nitrogen and oxygen atoms in total. The van der Waals surface area contributed by atoms with Gasteiger partial charge in [0.05, 0.1) is 11.9 Å². The molecule has 1 heterocycles. The van der Waals surface area contributed by atoms with E-state index < -0.39 is 0 Å². The Morgan fingerprint density at radius 3 is 3.08 bits per heavy atom. The first-order valence-corrected chi connectivity index (χ1v) is 6.14. The minimum Gasteiger partial charge on any atom is -0.251 e. The van der Waals surface area contributed by atoms with Gasteiger partial charge in [-0.15, -0.1) is 16.7 Å². The maximum Gasteiger partial charge on any atom is 0.100 e. The monoisotopic (exact) mass is 219 g/mol. The second-order valence-electron chi connectivity index (χ2n) is 2.78. The third-order valence-corrected chi connectivity index (χ3v) is 2.88. The lowest BCUT2D eigenvalue weighted by Gasteiger charge is -1.99. The second-order valence-corrected chi connectivity index (χ2v) is 4.29. The average molecular weight is 220 g/mol. The number of alkyl halides is 1. The van der Waals surface area contributed by atoms with Crippen molar-refractivity contribution in [3.63, 3.8) is 0 Å². The van der Waals surface area contributed by atoms with Gasteiger partial charge in [0.2, 0.25) is 0 Å². The highest BCUT2D eigenvalue weighted by molar-refractivity contribution is 7.98. The smallest absolute Gasteiger partial charge is 0.100 e. The van der Waals surface area contributed by atoms with E-state index in [-0.39, 0.29) is 5.38 Å². The summed E-state index contributed by atoms with van der Waals surface area (Å²) in [7, 11) is 0. The fraction of sp³-hybridized carbons (Fsp3) is 0.750. The first kappa shape index (κ1) is 10.9. The molecule has 0 saturated heterocycles. The molecule has 0 aliphatic heterocycles. The Morgan fingerprint density at radius 2 is 2.46 bits per heavy atom. The molecule has 0 aliphatic rings. The highest BCUT2D eigenvalue weighted by Crippen LogP contribution is 2.20. The van der Waals surface area contributed by atoms with E-state index >= 15 is 0 Å². The predicted octanol–water partition coefficient (Wildman–Crippen LogP) is 2.33. The van der Waals surface area contributed by atoms with Gasteiger partial charge in [-0.25, -0.2) is 0 Å². The number of aromatic nitrogens is 3. The quantitative estimate of drug-likeness (QED) is 0.713. The molecular weight excluding hydrogens is 206 g/mol. The molecule has 0 fully saturated rings. The fourth-order valence-electron chi connectivity index (χ4n) is 0.960. The molecular formula is C8H14ClN3S. The zero-order chi connectivity index (χ0) is 9.68. The van der Waals surface area contributed by atoms with E-state index in [1.807, 2.05) is 17.8 Å². The zero-order valence-electron chi connectivity index (χ0n) is 7.90. The Kier molecular flexibility index (Phi) is 4.59. The number of aryl methyl sites for hydroxylation is 1. The molecule has 1 aromatic rings. The molecule has 0 N–H and O–H groups in total. The molecule has 0 radical (unpaired) electrons. The van der Waals surface area contributed by atoms with Crippen molar-refractivity contribution in [3.05, 3.63) is 11.9 Å². The highest BCUT2D eigenvalue weighted by atomic mass is 35.5. The van der Waals surface area contributed by atoms with Gasteiger partial charge in [0.15, 0.2) is 0 Å². The van der Waals surface area contributed by atoms with E-state index in [0.717, 1.165) is 24.4 Å². The summed E-state index contributed by atoms with van der Waals surface area (Å²) in [6, 6.07) is 0. The summed E-state index contributed by atoms with van der Waals surface area (Å²) in [5.41, 5.74) is 0.880. The number of hydrogen-bond acceptors (Lipinski definition) is 3. The van der Waals surface area contributed by atoms with Crippen LogP contribution in [0.3, 0.4) is 0 Å². The Hall–Kier alpha value is -0.220. The minimum absolute atomic E-state index is 0.00281. The Bertz CT molecular complexity index is 251. The molecule has 0 bridgehead atoms. The molecule has 1 atom stereocenters. The van der Waals surface area contributed by atoms with E-state index in [0.29, 0.717) is 0 Å². The molecule has 1 rings (SSSR count). The van der Waals surface area contributed by atoms with Gasteiger partial charge in [0.25, 0.3) is 0 Å². The maximum atomic E-state index is 6.02. The maximum absolute atomic E-state index is 6.02. The number of hydrogen-bond donors (Lipinski definition) is 0. The number of nitrogens with zero attached hydrogens (tertiary/aromatic N) is 3. The van der Waals surface area contributed by atoms with Gasteiger partial charge >= 0.3 is 0 Å². The van der Waals surface area contributed by atoms with E-state index in [1.165, 1.54) is 0 Å². The van der Waals surface area contributed by atoms with Crippen LogP contribution in [0.5, 0.6) is 0 Å². The summed E-state index contributed by atoms with van der Waals surface area (Å²) in [5.74, 6) is 1.06. The lowest BCUT2D eigenvalue weighted by molar-refractivity contribution is 0.632. The minimum atomic E-state index is 0.00281. The van der Waals surface area contributed by atoms with Gasteiger partial charge in [-0.2, -0.15) is 11.8 Å². The highest BCUT2D eigenvalue weighted by Gasteiger charge is 2.09. The van der Waals surface area contributed by atoms with Crippen molar-refractivity contribution < 1.29 is 0 Å². The van der Waals surface area contributed by atoms with Gasteiger partial charge in [0.1, 0.15) is 5.69 Å². The average Bonchev–Trinajstić information content (AvgIpc) is 2.62. The molecule has 13 heavy (non-hydrogen) atoms. The summed E-state index contributed by atoms with van der Waals surface area (Å²) in [6.07, 6.45) is 4.90. The molecule has 0 aromatic carbocycles. The molecule has 0 amide bonds. The summed E-state index contributed by atoms with van der Waals surface area (Å²) in [4.78, 5) is 0. The van der Waals surface area contributed by atoms with Crippen LogP contribution in [-0.2, 0) is 6.54 Å². The van der Waals surface area contributed by atoms with E-state index in [1.54, 1.807) is 11.8 Å². The van der Waals surface area contributed by atoms with Crippen molar-refractivity contribution >= 4 is 23.4 Å². The number of halogens is 1. The van der Waals surface area contributed by atoms with Crippen LogP contribution >= 0.6 is 23.4 Å². The van der Waals surface area contributed by atoms with Crippen molar-refractivity contribution in [2.24, 2.45) is 0 Å². The van der Waals surface area contributed by atoms with Gasteiger partial charge in [0, 0.05) is 11.9 Å². The molecule has 0 saturated carbocycles. The van der Waals surface area contributed by atoms with Crippen molar-refractivity contribution in [3.8, 4) is 0 Å². The van der Waals surface area contributed by atoms with Crippen LogP contribution in [0, 0.1) is 0 Å². The Labute approximate surface area is 87.8 Å². The van der Waals surface area contributed by atoms with Gasteiger partial charge < -0.3 is 0 Å². The third kappa shape index (κ3) is 3.19. The van der Waals surface area contributed by atoms with Crippen LogP contribution in [0.1, 0.15) is 24.4 Å². The fourth-order valence-corrected chi connectivity index (χ4v) is 1.43. The normalized spacial score (nSPS) is 13.2. The number of rotatable bonds is 5. The number of thioether (sulfide) groups is 1. The summed E-state index contributed by atoms with van der Waals surface area (Å²) in [6.45, 7) is 2.94. The SMILES string of the molecule is CCC(Cl)c1cn(CCSC)nn1. The Balaban J connectivity index is 2.53. The molecule has 1 aromatic heterocycles. The molecule has 0 aliphatic carbocycles. The van der Waals surface area contributed by atoms with Crippen LogP contribution in [0.2, 0.25) is 0 Å². The molecule has 5 heteroatoms. The summed E-state index contributed by atoms with van der Waals surface area (Å²) >= 11 is 7.82. The van der Waals surface area contributed by atoms with Gasteiger partial charge in [-0.1, -0.05) is 12.1 Å². The topological polar surface area (TPSA) is 30.7 Å². The predicted molar refractivity (Wildman–Crippen MR) is 57.3 cm³/mol. The molecule has 1 unspecified atom stereocenters. The van der Waals surface area contributed by atoms with Crippen LogP contribution in [0.15, 0.2) is 6.20 Å². The third-order valence-electron chi connectivity index (χ3n) is 1.76. The Morgan fingerprint density at radius 1 is 1.69 bits per heavy atom. The standard InChI is InChI=1S/C8H14ClN3S/c1-3-7(9)8-6-12(11-10-8)4-5-13-2/h6-7H,3-5H2,1-2H3. The van der Waals surface area contributed by atoms with E-state index in [4.69, 9.17) is 11.6 Å².